The first-order chi connectivity index (χ1) is 16.6. The normalized spacial score (nSPS) is 14.0. The Morgan fingerprint density at radius 3 is 1.64 bits per heavy atom. The van der Waals surface area contributed by atoms with Gasteiger partial charge >= 0.3 is 17.9 Å². The molecule has 0 heterocycles. The Balaban J connectivity index is 5.41. The topological polar surface area (TPSA) is 287 Å². The average Bonchev–Trinajstić information content (AvgIpc) is 2.73. The zero-order chi connectivity index (χ0) is 28.0. The predicted molar refractivity (Wildman–Crippen MR) is 125 cm³/mol. The van der Waals surface area contributed by atoms with Crippen LogP contribution in [0.15, 0.2) is 0 Å². The Morgan fingerprint density at radius 1 is 0.806 bits per heavy atom. The third-order valence-electron chi connectivity index (χ3n) is 4.69. The molecule has 3 amide bonds. The summed E-state index contributed by atoms with van der Waals surface area (Å²) in [6.45, 7) is 3.67. The van der Waals surface area contributed by atoms with Gasteiger partial charge in [0.1, 0.15) is 18.1 Å². The Kier molecular flexibility index (Phi) is 14.1. The molecule has 0 aliphatic rings. The van der Waals surface area contributed by atoms with Gasteiger partial charge in [-0.05, 0) is 25.2 Å². The molecule has 0 rings (SSSR count). The molecule has 0 saturated carbocycles. The van der Waals surface area contributed by atoms with Crippen molar-refractivity contribution < 1.29 is 44.1 Å². The van der Waals surface area contributed by atoms with Crippen molar-refractivity contribution in [1.29, 1.82) is 5.41 Å². The minimum atomic E-state index is -1.75. The lowest BCUT2D eigenvalue weighted by Crippen LogP contribution is -2.58. The number of hydrogen-bond donors (Lipinski definition) is 10. The van der Waals surface area contributed by atoms with Crippen molar-refractivity contribution in [2.45, 2.75) is 70.1 Å². The van der Waals surface area contributed by atoms with Gasteiger partial charge in [-0.2, -0.15) is 0 Å². The van der Waals surface area contributed by atoms with E-state index in [9.17, 15) is 33.9 Å². The Labute approximate surface area is 207 Å². The minimum absolute atomic E-state index is 0.0341. The fourth-order valence-electron chi connectivity index (χ4n) is 2.96. The number of hydrogen-bond acceptors (Lipinski definition) is 8. The summed E-state index contributed by atoms with van der Waals surface area (Å²) in [6.07, 6.45) is -1.37. The van der Waals surface area contributed by atoms with E-state index in [0.29, 0.717) is 6.42 Å². The molecule has 0 aromatic heterocycles. The number of amides is 3. The first-order valence-corrected chi connectivity index (χ1v) is 11.0. The molecule has 16 heteroatoms. The molecule has 0 spiro atoms. The molecule has 0 bridgehead atoms. The summed E-state index contributed by atoms with van der Waals surface area (Å²) in [7, 11) is 0. The van der Waals surface area contributed by atoms with Gasteiger partial charge in [-0.3, -0.25) is 29.4 Å². The van der Waals surface area contributed by atoms with Crippen molar-refractivity contribution >= 4 is 41.6 Å². The van der Waals surface area contributed by atoms with Crippen molar-refractivity contribution in [1.82, 2.24) is 21.3 Å². The number of nitrogens with one attached hydrogen (secondary N) is 5. The first kappa shape index (κ1) is 32.0. The molecular formula is C20H35N7O9. The van der Waals surface area contributed by atoms with Crippen LogP contribution in [-0.4, -0.2) is 87.6 Å². The summed E-state index contributed by atoms with van der Waals surface area (Å²) in [5.74, 6) is -7.88. The molecule has 12 N–H and O–H groups in total. The molecule has 0 aliphatic heterocycles. The second-order valence-corrected chi connectivity index (χ2v) is 8.44. The highest BCUT2D eigenvalue weighted by molar-refractivity contribution is 5.96. The van der Waals surface area contributed by atoms with E-state index in [-0.39, 0.29) is 31.3 Å². The van der Waals surface area contributed by atoms with Crippen molar-refractivity contribution in [3.05, 3.63) is 0 Å². The molecule has 0 fully saturated rings. The maximum Gasteiger partial charge on any atom is 0.326 e. The van der Waals surface area contributed by atoms with E-state index in [1.807, 2.05) is 0 Å². The van der Waals surface area contributed by atoms with E-state index in [4.69, 9.17) is 27.1 Å². The van der Waals surface area contributed by atoms with Gasteiger partial charge in [0.15, 0.2) is 5.96 Å². The zero-order valence-corrected chi connectivity index (χ0v) is 20.1. The monoisotopic (exact) mass is 517 g/mol. The highest BCUT2D eigenvalue weighted by atomic mass is 16.4. The number of aliphatic carboxylic acids is 3. The lowest BCUT2D eigenvalue weighted by Gasteiger charge is -2.24. The van der Waals surface area contributed by atoms with Crippen LogP contribution in [0.1, 0.15) is 46.0 Å². The fourth-order valence-corrected chi connectivity index (χ4v) is 2.96. The number of nitrogens with two attached hydrogens (primary N) is 2. The molecule has 0 saturated heterocycles. The second kappa shape index (κ2) is 15.9. The Hall–Kier alpha value is -3.95. The predicted octanol–water partition coefficient (Wildman–Crippen LogP) is -2.89. The maximum absolute atomic E-state index is 12.7. The van der Waals surface area contributed by atoms with E-state index in [1.165, 1.54) is 0 Å². The Bertz CT molecular complexity index is 834. The number of carboxylic acid groups (broad SMARTS) is 3. The quantitative estimate of drug-likeness (QED) is 0.0528. The lowest BCUT2D eigenvalue weighted by molar-refractivity contribution is -0.145. The molecule has 0 aromatic carbocycles. The van der Waals surface area contributed by atoms with Gasteiger partial charge in [-0.15, -0.1) is 0 Å². The van der Waals surface area contributed by atoms with Crippen LogP contribution in [0.25, 0.3) is 0 Å². The van der Waals surface area contributed by atoms with Crippen molar-refractivity contribution in [3.8, 4) is 0 Å². The molecule has 16 nitrogen and oxygen atoms in total. The summed E-state index contributed by atoms with van der Waals surface area (Å²) in [5, 5.41) is 43.5. The molecule has 4 atom stereocenters. The van der Waals surface area contributed by atoms with Crippen molar-refractivity contribution in [3.63, 3.8) is 0 Å². The van der Waals surface area contributed by atoms with Crippen LogP contribution in [0.5, 0.6) is 0 Å². The third kappa shape index (κ3) is 13.7. The summed E-state index contributed by atoms with van der Waals surface area (Å²) in [5.41, 5.74) is 10.9. The molecule has 0 radical (unpaired) electrons. The standard InChI is InChI=1S/C20H35N7O9/c1-9(2)6-13(19(35)36)27-18(34)12(8-15(30)31)26-17(33)11(7-14(28)29)25-16(32)10(21)4-3-5-24-20(22)23/h9-13H,3-8,21H2,1-2H3,(H,25,32)(H,26,33)(H,27,34)(H,28,29)(H,30,31)(H,35,36)(H4,22,23,24)/t10-,11-,12-,13-/m0/s1. The number of carboxylic acids is 3. The number of guanidine groups is 1. The van der Waals surface area contributed by atoms with Crippen LogP contribution in [-0.2, 0) is 28.8 Å². The van der Waals surface area contributed by atoms with Gasteiger partial charge in [0, 0.05) is 6.54 Å². The van der Waals surface area contributed by atoms with Crippen LogP contribution in [0, 0.1) is 11.3 Å². The highest BCUT2D eigenvalue weighted by Crippen LogP contribution is 2.07. The van der Waals surface area contributed by atoms with Crippen molar-refractivity contribution in [2.24, 2.45) is 17.4 Å². The summed E-state index contributed by atoms with van der Waals surface area (Å²) >= 11 is 0. The highest BCUT2D eigenvalue weighted by Gasteiger charge is 2.32. The smallest absolute Gasteiger partial charge is 0.326 e. The van der Waals surface area contributed by atoms with E-state index in [1.54, 1.807) is 13.8 Å². The average molecular weight is 518 g/mol. The van der Waals surface area contributed by atoms with Gasteiger partial charge in [0.25, 0.3) is 0 Å². The van der Waals surface area contributed by atoms with Crippen LogP contribution in [0.4, 0.5) is 0 Å². The van der Waals surface area contributed by atoms with E-state index >= 15 is 0 Å². The zero-order valence-electron chi connectivity index (χ0n) is 20.1. The number of rotatable bonds is 17. The van der Waals surface area contributed by atoms with Crippen LogP contribution in [0.3, 0.4) is 0 Å². The first-order valence-electron chi connectivity index (χ1n) is 11.0. The molecule has 0 aromatic rings. The van der Waals surface area contributed by atoms with E-state index in [0.717, 1.165) is 0 Å². The fraction of sp³-hybridized carbons (Fsp3) is 0.650. The second-order valence-electron chi connectivity index (χ2n) is 8.44. The molecule has 204 valence electrons. The summed E-state index contributed by atoms with van der Waals surface area (Å²) in [6, 6.07) is -5.95. The van der Waals surface area contributed by atoms with Crippen molar-refractivity contribution in [2.75, 3.05) is 6.54 Å². The van der Waals surface area contributed by atoms with Gasteiger partial charge in [0.05, 0.1) is 18.9 Å². The number of carbonyl (C=O) groups excluding carboxylic acids is 3. The summed E-state index contributed by atoms with van der Waals surface area (Å²) in [4.78, 5) is 71.5. The summed E-state index contributed by atoms with van der Waals surface area (Å²) < 4.78 is 0. The molecule has 0 unspecified atom stereocenters. The van der Waals surface area contributed by atoms with Crippen LogP contribution < -0.4 is 32.7 Å². The Morgan fingerprint density at radius 2 is 1.25 bits per heavy atom. The lowest BCUT2D eigenvalue weighted by atomic mass is 10.0. The van der Waals surface area contributed by atoms with E-state index in [2.05, 4.69) is 21.3 Å². The van der Waals surface area contributed by atoms with Crippen LogP contribution >= 0.6 is 0 Å². The van der Waals surface area contributed by atoms with E-state index < -0.39 is 72.6 Å². The maximum atomic E-state index is 12.7. The van der Waals surface area contributed by atoms with Gasteiger partial charge in [0.2, 0.25) is 17.7 Å². The largest absolute Gasteiger partial charge is 0.481 e. The van der Waals surface area contributed by atoms with Gasteiger partial charge < -0.3 is 48.1 Å². The van der Waals surface area contributed by atoms with Gasteiger partial charge in [-0.25, -0.2) is 4.79 Å². The molecular weight excluding hydrogens is 482 g/mol. The SMILES string of the molecule is CC(C)C[C@H](NC(=O)[C@H](CC(=O)O)NC(=O)[C@H](CC(=O)O)NC(=O)[C@@H](N)CCCNC(=N)N)C(=O)O. The third-order valence-corrected chi connectivity index (χ3v) is 4.69. The molecule has 0 aliphatic carbocycles. The van der Waals surface area contributed by atoms with Gasteiger partial charge in [-0.1, -0.05) is 13.8 Å². The minimum Gasteiger partial charge on any atom is -0.481 e. The molecule has 36 heavy (non-hydrogen) atoms. The van der Waals surface area contributed by atoms with Crippen LogP contribution in [0.2, 0.25) is 0 Å². The number of carbonyl (C=O) groups is 6.